The van der Waals surface area contributed by atoms with E-state index in [1.54, 1.807) is 28.8 Å². The van der Waals surface area contributed by atoms with Crippen molar-refractivity contribution in [1.82, 2.24) is 19.9 Å². The number of primary amides is 1. The van der Waals surface area contributed by atoms with Gasteiger partial charge in [0.25, 0.3) is 0 Å². The summed E-state index contributed by atoms with van der Waals surface area (Å²) in [7, 11) is 0. The lowest BCUT2D eigenvalue weighted by Crippen LogP contribution is -2.38. The molecule has 37 heavy (non-hydrogen) atoms. The zero-order chi connectivity index (χ0) is 26.4. The summed E-state index contributed by atoms with van der Waals surface area (Å²) in [6.07, 6.45) is 5.53. The van der Waals surface area contributed by atoms with Crippen LogP contribution in [0.1, 0.15) is 23.2 Å². The summed E-state index contributed by atoms with van der Waals surface area (Å²) in [5, 5.41) is 13.6. The summed E-state index contributed by atoms with van der Waals surface area (Å²) in [5.74, 6) is 1.88. The number of nitrogens with two attached hydrogens (primary N) is 2. The molecule has 0 saturated heterocycles. The lowest BCUT2D eigenvalue weighted by Gasteiger charge is -2.11. The summed E-state index contributed by atoms with van der Waals surface area (Å²) in [5.41, 5.74) is 13.3. The van der Waals surface area contributed by atoms with Crippen molar-refractivity contribution in [1.29, 1.82) is 0 Å². The molecule has 2 aromatic carbocycles. The molecule has 0 aliphatic heterocycles. The molecule has 0 radical (unpaired) electrons. The molecule has 0 fully saturated rings. The van der Waals surface area contributed by atoms with Gasteiger partial charge in [0.05, 0.1) is 30.0 Å². The quantitative estimate of drug-likeness (QED) is 0.135. The van der Waals surface area contributed by atoms with Crippen molar-refractivity contribution in [3.05, 3.63) is 54.1 Å². The lowest BCUT2D eigenvalue weighted by atomic mass is 10.1. The second-order valence-electron chi connectivity index (χ2n) is 8.12. The molecule has 1 unspecified atom stereocenters. The zero-order valence-corrected chi connectivity index (χ0v) is 19.7. The average Bonchev–Trinajstić information content (AvgIpc) is 3.48. The number of imidazole rings is 1. The van der Waals surface area contributed by atoms with E-state index in [0.29, 0.717) is 47.1 Å². The Kier molecular flexibility index (Phi) is 7.56. The first-order valence-electron chi connectivity index (χ1n) is 11.3. The molecule has 0 saturated carbocycles. The number of nitrogens with one attached hydrogen (secondary N) is 2. The smallest absolute Gasteiger partial charge is 0.241 e. The number of amides is 2. The van der Waals surface area contributed by atoms with Crippen LogP contribution in [0.2, 0.25) is 0 Å². The highest BCUT2D eigenvalue weighted by atomic mass is 16.6. The molecule has 12 nitrogen and oxygen atoms in total. The van der Waals surface area contributed by atoms with E-state index in [9.17, 15) is 14.4 Å². The Bertz CT molecular complexity index is 1480. The van der Waals surface area contributed by atoms with Gasteiger partial charge in [0.15, 0.2) is 17.3 Å². The maximum absolute atomic E-state index is 13.2. The maximum Gasteiger partial charge on any atom is 0.241 e. The van der Waals surface area contributed by atoms with E-state index >= 15 is 0 Å². The Balaban J connectivity index is 1.56. The third kappa shape index (κ3) is 5.80. The van der Waals surface area contributed by atoms with E-state index < -0.39 is 17.9 Å². The SMILES string of the molecule is C#CCCNc1nonc1-c1nc2ccccc2n1CC(=O)c1ccc(NC(=O)C(N)CC(N)=O)cc1. The minimum Gasteiger partial charge on any atom is -0.370 e. The Morgan fingerprint density at radius 1 is 1.11 bits per heavy atom. The van der Waals surface area contributed by atoms with Crippen molar-refractivity contribution in [3.8, 4) is 23.9 Å². The Hall–Kier alpha value is -5.02. The zero-order valence-electron chi connectivity index (χ0n) is 19.7. The van der Waals surface area contributed by atoms with Gasteiger partial charge in [0.1, 0.15) is 0 Å². The normalized spacial score (nSPS) is 11.6. The number of hydrogen-bond donors (Lipinski definition) is 4. The molecule has 2 amide bonds. The molecule has 4 rings (SSSR count). The van der Waals surface area contributed by atoms with Crippen LogP contribution in [0.15, 0.2) is 53.2 Å². The molecule has 4 aromatic rings. The number of benzene rings is 2. The molecule has 188 valence electrons. The van der Waals surface area contributed by atoms with Gasteiger partial charge in [-0.05, 0) is 46.7 Å². The third-order valence-corrected chi connectivity index (χ3v) is 5.45. The number of carbonyl (C=O) groups is 3. The van der Waals surface area contributed by atoms with Crippen molar-refractivity contribution in [3.63, 3.8) is 0 Å². The Morgan fingerprint density at radius 2 is 1.86 bits per heavy atom. The molecular weight excluding hydrogens is 476 g/mol. The van der Waals surface area contributed by atoms with Gasteiger partial charge in [0, 0.05) is 24.2 Å². The van der Waals surface area contributed by atoms with Crippen molar-refractivity contribution in [2.45, 2.75) is 25.4 Å². The Labute approximate surface area is 211 Å². The third-order valence-electron chi connectivity index (χ3n) is 5.45. The second kappa shape index (κ2) is 11.1. The van der Waals surface area contributed by atoms with E-state index in [0.717, 1.165) is 5.52 Å². The second-order valence-corrected chi connectivity index (χ2v) is 8.12. The van der Waals surface area contributed by atoms with Gasteiger partial charge in [-0.15, -0.1) is 12.3 Å². The fourth-order valence-corrected chi connectivity index (χ4v) is 3.64. The van der Waals surface area contributed by atoms with Crippen LogP contribution >= 0.6 is 0 Å². The van der Waals surface area contributed by atoms with Crippen LogP contribution in [0, 0.1) is 12.3 Å². The van der Waals surface area contributed by atoms with E-state index in [2.05, 4.69) is 31.9 Å². The van der Waals surface area contributed by atoms with Crippen molar-refractivity contribution in [2.75, 3.05) is 17.2 Å². The molecule has 0 spiro atoms. The number of ketones is 1. The van der Waals surface area contributed by atoms with Gasteiger partial charge >= 0.3 is 0 Å². The molecule has 12 heteroatoms. The molecule has 0 aliphatic rings. The number of fused-ring (bicyclic) bond motifs is 1. The first-order valence-corrected chi connectivity index (χ1v) is 11.3. The Morgan fingerprint density at radius 3 is 2.59 bits per heavy atom. The summed E-state index contributed by atoms with van der Waals surface area (Å²) in [6, 6.07) is 12.6. The number of anilines is 2. The van der Waals surface area contributed by atoms with Gasteiger partial charge in [-0.1, -0.05) is 12.1 Å². The molecule has 0 aliphatic carbocycles. The van der Waals surface area contributed by atoms with E-state index in [-0.39, 0.29) is 18.7 Å². The number of aromatic nitrogens is 4. The molecular formula is C25H24N8O4. The standard InChI is InChI=1S/C25H24N8O4/c1-2-3-12-28-23-22(31-37-32-23)24-30-18-6-4-5-7-19(18)33(24)14-20(34)15-8-10-16(11-9-15)29-25(36)17(26)13-21(27)35/h1,4-11,17H,3,12-14,26H2,(H2,27,35)(H,28,32)(H,29,36). The molecule has 2 heterocycles. The number of terminal acetylenes is 1. The number of rotatable bonds is 11. The fourth-order valence-electron chi connectivity index (χ4n) is 3.64. The molecule has 0 bridgehead atoms. The predicted molar refractivity (Wildman–Crippen MR) is 136 cm³/mol. The fraction of sp³-hybridized carbons (Fsp3) is 0.200. The molecule has 1 atom stereocenters. The van der Waals surface area contributed by atoms with Crippen LogP contribution in [0.5, 0.6) is 0 Å². The molecule has 6 N–H and O–H groups in total. The highest BCUT2D eigenvalue weighted by molar-refractivity contribution is 5.99. The van der Waals surface area contributed by atoms with E-state index in [4.69, 9.17) is 22.5 Å². The van der Waals surface area contributed by atoms with E-state index in [1.165, 1.54) is 0 Å². The van der Waals surface area contributed by atoms with Gasteiger partial charge in [-0.3, -0.25) is 14.4 Å². The van der Waals surface area contributed by atoms with E-state index in [1.807, 2.05) is 24.3 Å². The largest absolute Gasteiger partial charge is 0.370 e. The monoisotopic (exact) mass is 500 g/mol. The minimum atomic E-state index is -1.07. The van der Waals surface area contributed by atoms with Crippen molar-refractivity contribution >= 4 is 40.1 Å². The van der Waals surface area contributed by atoms with Crippen LogP contribution in [0.3, 0.4) is 0 Å². The van der Waals surface area contributed by atoms with Gasteiger partial charge < -0.3 is 26.7 Å². The maximum atomic E-state index is 13.2. The van der Waals surface area contributed by atoms with Crippen LogP contribution in [-0.4, -0.2) is 50.0 Å². The highest BCUT2D eigenvalue weighted by Gasteiger charge is 2.22. The first kappa shape index (κ1) is 25.1. The number of hydrogen-bond acceptors (Lipinski definition) is 9. The van der Waals surface area contributed by atoms with Gasteiger partial charge in [-0.25, -0.2) is 9.61 Å². The topological polar surface area (TPSA) is 184 Å². The lowest BCUT2D eigenvalue weighted by molar-refractivity contribution is -0.123. The van der Waals surface area contributed by atoms with Crippen LogP contribution in [0.4, 0.5) is 11.5 Å². The number of Topliss-reactive ketones (excluding diaryl/α,β-unsaturated/α-hetero) is 1. The summed E-state index contributed by atoms with van der Waals surface area (Å²) in [6.45, 7) is 0.425. The summed E-state index contributed by atoms with van der Waals surface area (Å²) in [4.78, 5) is 41.0. The van der Waals surface area contributed by atoms with Crippen molar-refractivity contribution in [2.24, 2.45) is 11.5 Å². The number of para-hydroxylation sites is 2. The van der Waals surface area contributed by atoms with Gasteiger partial charge in [0.2, 0.25) is 17.6 Å². The van der Waals surface area contributed by atoms with Crippen LogP contribution in [-0.2, 0) is 16.1 Å². The summed E-state index contributed by atoms with van der Waals surface area (Å²) >= 11 is 0. The van der Waals surface area contributed by atoms with Crippen LogP contribution < -0.4 is 22.1 Å². The number of nitrogens with zero attached hydrogens (tertiary/aromatic N) is 4. The highest BCUT2D eigenvalue weighted by Crippen LogP contribution is 2.28. The van der Waals surface area contributed by atoms with Crippen LogP contribution in [0.25, 0.3) is 22.6 Å². The van der Waals surface area contributed by atoms with Gasteiger partial charge in [-0.2, -0.15) is 0 Å². The minimum absolute atomic E-state index is 0.0400. The molecule has 2 aromatic heterocycles. The first-order chi connectivity index (χ1) is 17.9. The summed E-state index contributed by atoms with van der Waals surface area (Å²) < 4.78 is 6.67. The van der Waals surface area contributed by atoms with Crippen molar-refractivity contribution < 1.29 is 19.0 Å². The average molecular weight is 501 g/mol. The number of carbonyl (C=O) groups excluding carboxylic acids is 3. The predicted octanol–water partition coefficient (Wildman–Crippen LogP) is 1.55.